The summed E-state index contributed by atoms with van der Waals surface area (Å²) in [5.74, 6) is 0.457. The zero-order chi connectivity index (χ0) is 16.7. The molecule has 0 aliphatic rings. The summed E-state index contributed by atoms with van der Waals surface area (Å²) < 4.78 is 18.8. The number of aliphatic hydroxyl groups is 1. The maximum atomic E-state index is 12.9. The average molecular weight is 338 g/mol. The SMILES string of the molecule is CCC(CO)NCc1cc(Cl)ccc1OCc1ccc(F)cc1. The van der Waals surface area contributed by atoms with E-state index >= 15 is 0 Å². The predicted octanol–water partition coefficient (Wildman–Crippen LogP) is 3.92. The molecular weight excluding hydrogens is 317 g/mol. The van der Waals surface area contributed by atoms with Crippen LogP contribution in [0.2, 0.25) is 5.02 Å². The van der Waals surface area contributed by atoms with Crippen molar-refractivity contribution in [3.05, 3.63) is 64.4 Å². The minimum Gasteiger partial charge on any atom is -0.489 e. The van der Waals surface area contributed by atoms with E-state index in [0.717, 1.165) is 23.3 Å². The van der Waals surface area contributed by atoms with Gasteiger partial charge in [0.2, 0.25) is 0 Å². The van der Waals surface area contributed by atoms with Crippen LogP contribution in [-0.4, -0.2) is 17.8 Å². The maximum Gasteiger partial charge on any atom is 0.124 e. The van der Waals surface area contributed by atoms with Crippen molar-refractivity contribution in [1.29, 1.82) is 0 Å². The Morgan fingerprint density at radius 2 is 1.96 bits per heavy atom. The highest BCUT2D eigenvalue weighted by Gasteiger charge is 2.09. The van der Waals surface area contributed by atoms with Crippen LogP contribution in [0.4, 0.5) is 4.39 Å². The van der Waals surface area contributed by atoms with Gasteiger partial charge in [0.15, 0.2) is 0 Å². The van der Waals surface area contributed by atoms with Crippen molar-refractivity contribution in [2.24, 2.45) is 0 Å². The topological polar surface area (TPSA) is 41.5 Å². The monoisotopic (exact) mass is 337 g/mol. The van der Waals surface area contributed by atoms with Gasteiger partial charge in [-0.05, 0) is 42.3 Å². The normalized spacial score (nSPS) is 12.2. The van der Waals surface area contributed by atoms with Crippen LogP contribution >= 0.6 is 11.6 Å². The van der Waals surface area contributed by atoms with Gasteiger partial charge in [-0.1, -0.05) is 30.7 Å². The van der Waals surface area contributed by atoms with Crippen molar-refractivity contribution in [3.63, 3.8) is 0 Å². The predicted molar refractivity (Wildman–Crippen MR) is 90.2 cm³/mol. The van der Waals surface area contributed by atoms with Crippen LogP contribution in [0.1, 0.15) is 24.5 Å². The smallest absolute Gasteiger partial charge is 0.124 e. The maximum absolute atomic E-state index is 12.9. The molecule has 1 unspecified atom stereocenters. The van der Waals surface area contributed by atoms with Crippen molar-refractivity contribution >= 4 is 11.6 Å². The highest BCUT2D eigenvalue weighted by Crippen LogP contribution is 2.24. The van der Waals surface area contributed by atoms with E-state index < -0.39 is 0 Å². The molecule has 124 valence electrons. The van der Waals surface area contributed by atoms with Crippen molar-refractivity contribution < 1.29 is 14.2 Å². The zero-order valence-corrected chi connectivity index (χ0v) is 13.8. The van der Waals surface area contributed by atoms with E-state index in [2.05, 4.69) is 5.32 Å². The van der Waals surface area contributed by atoms with Crippen LogP contribution in [0.15, 0.2) is 42.5 Å². The Morgan fingerprint density at radius 3 is 2.61 bits per heavy atom. The standard InChI is InChI=1S/C18H21ClFNO2/c1-2-17(11-22)21-10-14-9-15(19)5-8-18(14)23-12-13-3-6-16(20)7-4-13/h3-9,17,21-22H,2,10-12H2,1H3. The van der Waals surface area contributed by atoms with Crippen LogP contribution in [0.5, 0.6) is 5.75 Å². The van der Waals surface area contributed by atoms with E-state index in [4.69, 9.17) is 16.3 Å². The summed E-state index contributed by atoms with van der Waals surface area (Å²) in [7, 11) is 0. The number of hydrogen-bond acceptors (Lipinski definition) is 3. The van der Waals surface area contributed by atoms with E-state index in [9.17, 15) is 9.50 Å². The lowest BCUT2D eigenvalue weighted by atomic mass is 10.1. The molecule has 23 heavy (non-hydrogen) atoms. The third kappa shape index (κ3) is 5.50. The molecule has 0 bridgehead atoms. The molecule has 0 spiro atoms. The first-order valence-electron chi connectivity index (χ1n) is 7.62. The molecule has 0 amide bonds. The largest absolute Gasteiger partial charge is 0.489 e. The minimum absolute atomic E-state index is 0.0407. The second-order valence-electron chi connectivity index (χ2n) is 5.34. The van der Waals surface area contributed by atoms with Gasteiger partial charge in [0, 0.05) is 23.2 Å². The fourth-order valence-electron chi connectivity index (χ4n) is 2.16. The fraction of sp³-hybridized carbons (Fsp3) is 0.333. The third-order valence-corrected chi connectivity index (χ3v) is 3.86. The Labute approximate surface area is 141 Å². The summed E-state index contributed by atoms with van der Waals surface area (Å²) in [6.07, 6.45) is 0.836. The van der Waals surface area contributed by atoms with E-state index in [1.54, 1.807) is 18.2 Å². The lowest BCUT2D eigenvalue weighted by Gasteiger charge is -2.17. The van der Waals surface area contributed by atoms with Crippen LogP contribution in [0.25, 0.3) is 0 Å². The Morgan fingerprint density at radius 1 is 1.22 bits per heavy atom. The molecule has 2 aromatic carbocycles. The van der Waals surface area contributed by atoms with Crippen molar-refractivity contribution in [2.75, 3.05) is 6.61 Å². The number of hydrogen-bond donors (Lipinski definition) is 2. The molecule has 5 heteroatoms. The lowest BCUT2D eigenvalue weighted by molar-refractivity contribution is 0.237. The fourth-order valence-corrected chi connectivity index (χ4v) is 2.36. The first-order valence-corrected chi connectivity index (χ1v) is 8.00. The molecule has 1 atom stereocenters. The number of ether oxygens (including phenoxy) is 1. The summed E-state index contributed by atoms with van der Waals surface area (Å²) in [4.78, 5) is 0. The van der Waals surface area contributed by atoms with Gasteiger partial charge in [-0.2, -0.15) is 0 Å². The molecule has 0 radical (unpaired) electrons. The van der Waals surface area contributed by atoms with E-state index in [1.807, 2.05) is 19.1 Å². The number of rotatable bonds is 8. The third-order valence-electron chi connectivity index (χ3n) is 3.62. The Bertz CT molecular complexity index is 615. The van der Waals surface area contributed by atoms with Crippen molar-refractivity contribution in [2.45, 2.75) is 32.5 Å². The summed E-state index contributed by atoms with van der Waals surface area (Å²) in [6, 6.07) is 11.7. The van der Waals surface area contributed by atoms with Crippen LogP contribution in [0.3, 0.4) is 0 Å². The zero-order valence-electron chi connectivity index (χ0n) is 13.1. The molecule has 2 rings (SSSR count). The molecule has 0 saturated carbocycles. The molecule has 0 fully saturated rings. The molecular formula is C18H21ClFNO2. The first-order chi connectivity index (χ1) is 11.1. The minimum atomic E-state index is -0.264. The second-order valence-corrected chi connectivity index (χ2v) is 5.77. The van der Waals surface area contributed by atoms with Gasteiger partial charge in [-0.25, -0.2) is 4.39 Å². The van der Waals surface area contributed by atoms with Gasteiger partial charge < -0.3 is 15.2 Å². The van der Waals surface area contributed by atoms with Gasteiger partial charge in [-0.15, -0.1) is 0 Å². The van der Waals surface area contributed by atoms with E-state index in [1.165, 1.54) is 12.1 Å². The quantitative estimate of drug-likeness (QED) is 0.767. The van der Waals surface area contributed by atoms with Crippen LogP contribution in [0, 0.1) is 5.82 Å². The number of aliphatic hydroxyl groups excluding tert-OH is 1. The summed E-state index contributed by atoms with van der Waals surface area (Å²) >= 11 is 6.06. The molecule has 3 nitrogen and oxygen atoms in total. The Balaban J connectivity index is 2.04. The average Bonchev–Trinajstić information content (AvgIpc) is 2.56. The Kier molecular flexibility index (Phi) is 6.84. The Hall–Kier alpha value is -1.62. The summed E-state index contributed by atoms with van der Waals surface area (Å²) in [6.45, 7) is 3.01. The number of halogens is 2. The highest BCUT2D eigenvalue weighted by molar-refractivity contribution is 6.30. The molecule has 2 N–H and O–H groups in total. The summed E-state index contributed by atoms with van der Waals surface area (Å²) in [5.41, 5.74) is 1.81. The van der Waals surface area contributed by atoms with E-state index in [0.29, 0.717) is 18.2 Å². The van der Waals surface area contributed by atoms with Gasteiger partial charge in [0.1, 0.15) is 18.2 Å². The first kappa shape index (κ1) is 17.7. The van der Waals surface area contributed by atoms with Crippen LogP contribution < -0.4 is 10.1 Å². The molecule has 0 aliphatic heterocycles. The van der Waals surface area contributed by atoms with Gasteiger partial charge in [-0.3, -0.25) is 0 Å². The molecule has 2 aromatic rings. The van der Waals surface area contributed by atoms with Crippen molar-refractivity contribution in [3.8, 4) is 5.75 Å². The highest BCUT2D eigenvalue weighted by atomic mass is 35.5. The van der Waals surface area contributed by atoms with Crippen LogP contribution in [-0.2, 0) is 13.2 Å². The molecule has 0 aliphatic carbocycles. The lowest BCUT2D eigenvalue weighted by Crippen LogP contribution is -2.31. The van der Waals surface area contributed by atoms with E-state index in [-0.39, 0.29) is 18.5 Å². The van der Waals surface area contributed by atoms with Crippen molar-refractivity contribution in [1.82, 2.24) is 5.32 Å². The van der Waals surface area contributed by atoms with Gasteiger partial charge in [0.25, 0.3) is 0 Å². The molecule has 0 aromatic heterocycles. The number of benzene rings is 2. The van der Waals surface area contributed by atoms with Gasteiger partial charge >= 0.3 is 0 Å². The second kappa shape index (κ2) is 8.87. The molecule has 0 saturated heterocycles. The van der Waals surface area contributed by atoms with Gasteiger partial charge in [0.05, 0.1) is 6.61 Å². The summed E-state index contributed by atoms with van der Waals surface area (Å²) in [5, 5.41) is 13.2. The molecule has 0 heterocycles. The number of nitrogens with one attached hydrogen (secondary N) is 1.